The van der Waals surface area contributed by atoms with Crippen LogP contribution in [-0.2, 0) is 11.8 Å². The van der Waals surface area contributed by atoms with Crippen LogP contribution in [0.5, 0.6) is 5.75 Å². The molecule has 84 valence electrons. The van der Waals surface area contributed by atoms with E-state index < -0.39 is 12.6 Å². The summed E-state index contributed by atoms with van der Waals surface area (Å²) in [7, 11) is 1.63. The highest BCUT2D eigenvalue weighted by molar-refractivity contribution is 5.77. The van der Waals surface area contributed by atoms with Crippen molar-refractivity contribution in [3.05, 3.63) is 28.7 Å². The van der Waals surface area contributed by atoms with E-state index in [1.54, 1.807) is 25.2 Å². The molecule has 2 aromatic rings. The third kappa shape index (κ3) is 1.77. The average molecular weight is 222 g/mol. The van der Waals surface area contributed by atoms with Gasteiger partial charge in [0.1, 0.15) is 5.75 Å². The van der Waals surface area contributed by atoms with Gasteiger partial charge in [0.2, 0.25) is 0 Å². The lowest BCUT2D eigenvalue weighted by Gasteiger charge is -2.03. The number of aromatic nitrogens is 2. The summed E-state index contributed by atoms with van der Waals surface area (Å²) < 4.78 is 6.44. The highest BCUT2D eigenvalue weighted by Crippen LogP contribution is 2.17. The summed E-state index contributed by atoms with van der Waals surface area (Å²) in [6.45, 7) is -0.399. The molecule has 1 heterocycles. The number of carboxylic acid groups (broad SMARTS) is 1. The van der Waals surface area contributed by atoms with Gasteiger partial charge in [0, 0.05) is 13.1 Å². The second-order valence-electron chi connectivity index (χ2n) is 3.35. The molecule has 0 fully saturated rings. The Morgan fingerprint density at radius 3 is 3.00 bits per heavy atom. The van der Waals surface area contributed by atoms with Gasteiger partial charge < -0.3 is 14.8 Å². The number of nitrogens with one attached hydrogen (secondary N) is 1. The molecule has 1 aromatic carbocycles. The highest BCUT2D eigenvalue weighted by Gasteiger charge is 2.05. The standard InChI is InChI=1S/C10H10N2O4/c1-12-8-4-6(16-5-9(13)14)2-3-7(8)11-10(12)15/h2-4H,5H2,1H3,(H,11,15)(H,13,14). The van der Waals surface area contributed by atoms with Crippen LogP contribution in [0.25, 0.3) is 11.0 Å². The van der Waals surface area contributed by atoms with E-state index >= 15 is 0 Å². The third-order valence-electron chi connectivity index (χ3n) is 2.24. The maximum Gasteiger partial charge on any atom is 0.341 e. The first-order valence-electron chi connectivity index (χ1n) is 4.61. The van der Waals surface area contributed by atoms with Gasteiger partial charge >= 0.3 is 11.7 Å². The minimum Gasteiger partial charge on any atom is -0.482 e. The van der Waals surface area contributed by atoms with E-state index in [1.165, 1.54) is 4.57 Å². The summed E-state index contributed by atoms with van der Waals surface area (Å²) in [5, 5.41) is 8.46. The predicted molar refractivity (Wildman–Crippen MR) is 56.7 cm³/mol. The molecule has 0 amide bonds. The molecule has 6 heteroatoms. The fourth-order valence-electron chi connectivity index (χ4n) is 1.44. The Bertz CT molecular complexity index is 596. The highest BCUT2D eigenvalue weighted by atomic mass is 16.5. The van der Waals surface area contributed by atoms with E-state index in [4.69, 9.17) is 9.84 Å². The number of ether oxygens (including phenoxy) is 1. The largest absolute Gasteiger partial charge is 0.482 e. The summed E-state index contributed by atoms with van der Waals surface area (Å²) in [6.07, 6.45) is 0. The van der Waals surface area contributed by atoms with Crippen molar-refractivity contribution in [2.75, 3.05) is 6.61 Å². The monoisotopic (exact) mass is 222 g/mol. The number of imidazole rings is 1. The van der Waals surface area contributed by atoms with Crippen molar-refractivity contribution in [2.45, 2.75) is 0 Å². The van der Waals surface area contributed by atoms with Crippen molar-refractivity contribution in [1.29, 1.82) is 0 Å². The molecule has 1 aromatic heterocycles. The number of carboxylic acids is 1. The van der Waals surface area contributed by atoms with E-state index in [-0.39, 0.29) is 5.69 Å². The van der Waals surface area contributed by atoms with Crippen molar-refractivity contribution in [2.24, 2.45) is 7.05 Å². The molecular formula is C10H10N2O4. The first-order chi connectivity index (χ1) is 7.58. The maximum absolute atomic E-state index is 11.3. The number of aromatic amines is 1. The fraction of sp³-hybridized carbons (Fsp3) is 0.200. The Morgan fingerprint density at radius 1 is 1.56 bits per heavy atom. The van der Waals surface area contributed by atoms with E-state index in [9.17, 15) is 9.59 Å². The zero-order valence-corrected chi connectivity index (χ0v) is 8.56. The van der Waals surface area contributed by atoms with Gasteiger partial charge in [0.15, 0.2) is 6.61 Å². The van der Waals surface area contributed by atoms with Gasteiger partial charge in [0.25, 0.3) is 0 Å². The molecule has 0 unspecified atom stereocenters. The number of nitrogens with zero attached hydrogens (tertiary/aromatic N) is 1. The fourth-order valence-corrected chi connectivity index (χ4v) is 1.44. The zero-order valence-electron chi connectivity index (χ0n) is 8.56. The molecule has 0 saturated carbocycles. The Hall–Kier alpha value is -2.24. The molecule has 0 atom stereocenters. The topological polar surface area (TPSA) is 84.3 Å². The molecule has 0 aliphatic heterocycles. The van der Waals surface area contributed by atoms with Crippen LogP contribution in [0.1, 0.15) is 0 Å². The lowest BCUT2D eigenvalue weighted by molar-refractivity contribution is -0.139. The van der Waals surface area contributed by atoms with E-state index in [0.29, 0.717) is 16.8 Å². The number of hydrogen-bond donors (Lipinski definition) is 2. The SMILES string of the molecule is Cn1c(=O)[nH]c2ccc(OCC(=O)O)cc21. The van der Waals surface area contributed by atoms with Crippen LogP contribution in [-0.4, -0.2) is 27.2 Å². The summed E-state index contributed by atoms with van der Waals surface area (Å²) in [4.78, 5) is 24.3. The van der Waals surface area contributed by atoms with Gasteiger partial charge in [-0.2, -0.15) is 0 Å². The van der Waals surface area contributed by atoms with Crippen LogP contribution in [0.2, 0.25) is 0 Å². The summed E-state index contributed by atoms with van der Waals surface area (Å²) in [5.41, 5.74) is 1.15. The van der Waals surface area contributed by atoms with Gasteiger partial charge in [-0.1, -0.05) is 0 Å². The summed E-state index contributed by atoms with van der Waals surface area (Å²) in [5.74, 6) is -0.618. The number of benzene rings is 1. The lowest BCUT2D eigenvalue weighted by Crippen LogP contribution is -2.12. The zero-order chi connectivity index (χ0) is 11.7. The molecule has 0 spiro atoms. The lowest BCUT2D eigenvalue weighted by atomic mass is 10.3. The molecule has 2 rings (SSSR count). The minimum atomic E-state index is -1.04. The molecule has 6 nitrogen and oxygen atoms in total. The quantitative estimate of drug-likeness (QED) is 0.783. The number of fused-ring (bicyclic) bond motifs is 1. The maximum atomic E-state index is 11.3. The van der Waals surface area contributed by atoms with Gasteiger partial charge in [-0.3, -0.25) is 4.57 Å². The molecule has 0 radical (unpaired) electrons. The molecule has 0 saturated heterocycles. The Balaban J connectivity index is 2.39. The van der Waals surface area contributed by atoms with Crippen LogP contribution in [0, 0.1) is 0 Å². The number of hydrogen-bond acceptors (Lipinski definition) is 3. The van der Waals surface area contributed by atoms with Crippen molar-refractivity contribution in [3.8, 4) is 5.75 Å². The normalized spacial score (nSPS) is 10.6. The van der Waals surface area contributed by atoms with Crippen molar-refractivity contribution < 1.29 is 14.6 Å². The molecular weight excluding hydrogens is 212 g/mol. The van der Waals surface area contributed by atoms with Crippen LogP contribution in [0.4, 0.5) is 0 Å². The van der Waals surface area contributed by atoms with E-state index in [2.05, 4.69) is 4.98 Å². The van der Waals surface area contributed by atoms with E-state index in [1.807, 2.05) is 0 Å². The molecule has 0 aliphatic rings. The Morgan fingerprint density at radius 2 is 2.31 bits per heavy atom. The number of rotatable bonds is 3. The smallest absolute Gasteiger partial charge is 0.341 e. The van der Waals surface area contributed by atoms with Crippen molar-refractivity contribution in [3.63, 3.8) is 0 Å². The van der Waals surface area contributed by atoms with Gasteiger partial charge in [-0.25, -0.2) is 9.59 Å². The third-order valence-corrected chi connectivity index (χ3v) is 2.24. The molecule has 16 heavy (non-hydrogen) atoms. The number of carbonyl (C=O) groups is 1. The van der Waals surface area contributed by atoms with Gasteiger partial charge in [-0.15, -0.1) is 0 Å². The first-order valence-corrected chi connectivity index (χ1v) is 4.61. The summed E-state index contributed by atoms with van der Waals surface area (Å²) >= 11 is 0. The van der Waals surface area contributed by atoms with Crippen LogP contribution < -0.4 is 10.4 Å². The number of H-pyrrole nitrogens is 1. The van der Waals surface area contributed by atoms with Crippen molar-refractivity contribution in [1.82, 2.24) is 9.55 Å². The second kappa shape index (κ2) is 3.73. The molecule has 0 bridgehead atoms. The first kappa shape index (κ1) is 10.3. The molecule has 2 N–H and O–H groups in total. The van der Waals surface area contributed by atoms with Crippen molar-refractivity contribution >= 4 is 17.0 Å². The number of aliphatic carboxylic acids is 1. The van der Waals surface area contributed by atoms with Crippen LogP contribution in [0.15, 0.2) is 23.0 Å². The Labute approximate surface area is 90.1 Å². The summed E-state index contributed by atoms with van der Waals surface area (Å²) in [6, 6.07) is 4.91. The second-order valence-corrected chi connectivity index (χ2v) is 3.35. The van der Waals surface area contributed by atoms with Gasteiger partial charge in [0.05, 0.1) is 11.0 Å². The van der Waals surface area contributed by atoms with Gasteiger partial charge in [-0.05, 0) is 12.1 Å². The molecule has 0 aliphatic carbocycles. The Kier molecular flexibility index (Phi) is 2.40. The van der Waals surface area contributed by atoms with E-state index in [0.717, 1.165) is 0 Å². The average Bonchev–Trinajstić information content (AvgIpc) is 2.52. The predicted octanol–water partition coefficient (Wildman–Crippen LogP) is 0.330. The van der Waals surface area contributed by atoms with Crippen LogP contribution >= 0.6 is 0 Å². The minimum absolute atomic E-state index is 0.217. The van der Waals surface area contributed by atoms with Crippen LogP contribution in [0.3, 0.4) is 0 Å². The number of aryl methyl sites for hydroxylation is 1.